The number of nitrogens with one attached hydrogen (secondary N) is 1. The second-order valence-corrected chi connectivity index (χ2v) is 7.99. The van der Waals surface area contributed by atoms with Gasteiger partial charge in [0.05, 0.1) is 28.0 Å². The number of halogens is 4. The molecule has 0 amide bonds. The van der Waals surface area contributed by atoms with Gasteiger partial charge in [0.15, 0.2) is 17.3 Å². The van der Waals surface area contributed by atoms with Crippen LogP contribution in [0.3, 0.4) is 0 Å². The van der Waals surface area contributed by atoms with Crippen molar-refractivity contribution in [2.45, 2.75) is 20.0 Å². The summed E-state index contributed by atoms with van der Waals surface area (Å²) in [5, 5.41) is 7.84. The Bertz CT molecular complexity index is 1060. The second-order valence-electron chi connectivity index (χ2n) is 6.83. The molecule has 3 heterocycles. The summed E-state index contributed by atoms with van der Waals surface area (Å²) in [6.45, 7) is 6.00. The maximum atomic E-state index is 13.3. The Labute approximate surface area is 179 Å². The topological polar surface area (TPSA) is 54.7 Å². The molecule has 1 aromatic carbocycles. The van der Waals surface area contributed by atoms with E-state index in [4.69, 9.17) is 9.84 Å². The molecule has 3 aromatic rings. The third-order valence-electron chi connectivity index (χ3n) is 4.93. The van der Waals surface area contributed by atoms with E-state index in [1.165, 1.54) is 13.0 Å². The molecule has 6 nitrogen and oxygen atoms in total. The third kappa shape index (κ3) is 3.87. The number of benzene rings is 1. The summed E-state index contributed by atoms with van der Waals surface area (Å²) in [5.74, 6) is 1.34. The van der Waals surface area contributed by atoms with Gasteiger partial charge in [0.25, 0.3) is 0 Å². The van der Waals surface area contributed by atoms with Crippen LogP contribution in [0, 0.1) is 17.4 Å². The number of fused-ring (bicyclic) bond motifs is 1. The molecule has 0 bridgehead atoms. The van der Waals surface area contributed by atoms with Gasteiger partial charge in [-0.05, 0) is 60.2 Å². The normalized spacial score (nSPS) is 15.2. The van der Waals surface area contributed by atoms with Gasteiger partial charge >= 0.3 is 6.18 Å². The molecule has 0 aliphatic carbocycles. The van der Waals surface area contributed by atoms with Crippen molar-refractivity contribution in [3.63, 3.8) is 0 Å². The Balaban J connectivity index is 1.78. The van der Waals surface area contributed by atoms with Crippen molar-refractivity contribution in [1.82, 2.24) is 14.6 Å². The molecule has 0 saturated carbocycles. The van der Waals surface area contributed by atoms with Crippen LogP contribution in [0.25, 0.3) is 5.65 Å². The largest absolute Gasteiger partial charge is 0.416 e. The number of aromatic nitrogens is 3. The van der Waals surface area contributed by atoms with E-state index in [1.54, 1.807) is 10.6 Å². The van der Waals surface area contributed by atoms with Gasteiger partial charge in [0.2, 0.25) is 0 Å². The molecule has 29 heavy (non-hydrogen) atoms. The Kier molecular flexibility index (Phi) is 5.32. The average molecular weight is 517 g/mol. The summed E-state index contributed by atoms with van der Waals surface area (Å²) in [4.78, 5) is 6.69. The Hall–Kier alpha value is -2.08. The fraction of sp³-hybridized carbons (Fsp3) is 0.368. The van der Waals surface area contributed by atoms with Gasteiger partial charge in [0, 0.05) is 18.8 Å². The highest BCUT2D eigenvalue weighted by Crippen LogP contribution is 2.36. The van der Waals surface area contributed by atoms with Crippen LogP contribution in [0.15, 0.2) is 24.3 Å². The van der Waals surface area contributed by atoms with E-state index in [2.05, 4.69) is 37.8 Å². The van der Waals surface area contributed by atoms with Crippen molar-refractivity contribution in [3.05, 3.63) is 44.7 Å². The van der Waals surface area contributed by atoms with Gasteiger partial charge in [-0.15, -0.1) is 5.10 Å². The van der Waals surface area contributed by atoms with Crippen LogP contribution < -0.4 is 10.2 Å². The lowest BCUT2D eigenvalue weighted by molar-refractivity contribution is -0.138. The van der Waals surface area contributed by atoms with Gasteiger partial charge < -0.3 is 15.0 Å². The molecule has 2 aromatic heterocycles. The Morgan fingerprint density at radius 3 is 2.59 bits per heavy atom. The van der Waals surface area contributed by atoms with Crippen LogP contribution in [0.4, 0.5) is 30.5 Å². The minimum atomic E-state index is -4.41. The number of ether oxygens (including phenoxy) is 1. The van der Waals surface area contributed by atoms with E-state index >= 15 is 0 Å². The number of nitrogens with zero attached hydrogens (tertiary/aromatic N) is 4. The minimum Gasteiger partial charge on any atom is -0.378 e. The molecule has 1 N–H and O–H groups in total. The first-order valence-electron chi connectivity index (χ1n) is 9.08. The predicted octanol–water partition coefficient (Wildman–Crippen LogP) is 4.55. The first-order valence-corrected chi connectivity index (χ1v) is 10.2. The highest BCUT2D eigenvalue weighted by Gasteiger charge is 2.33. The number of alkyl halides is 3. The van der Waals surface area contributed by atoms with Gasteiger partial charge in [-0.1, -0.05) is 6.07 Å². The van der Waals surface area contributed by atoms with Crippen molar-refractivity contribution in [2.75, 3.05) is 36.5 Å². The van der Waals surface area contributed by atoms with Crippen molar-refractivity contribution in [3.8, 4) is 0 Å². The molecular formula is C19H19F3IN5O. The molecule has 0 atom stereocenters. The molecule has 1 saturated heterocycles. The molecule has 1 aliphatic heterocycles. The lowest BCUT2D eigenvalue weighted by Crippen LogP contribution is -2.37. The highest BCUT2D eigenvalue weighted by atomic mass is 127. The molecule has 4 rings (SSSR count). The smallest absolute Gasteiger partial charge is 0.378 e. The maximum Gasteiger partial charge on any atom is 0.416 e. The first-order chi connectivity index (χ1) is 13.8. The van der Waals surface area contributed by atoms with E-state index in [9.17, 15) is 13.2 Å². The minimum absolute atomic E-state index is 0.133. The molecular weight excluding hydrogens is 498 g/mol. The van der Waals surface area contributed by atoms with Crippen molar-refractivity contribution < 1.29 is 17.9 Å². The fourth-order valence-corrected chi connectivity index (χ4v) is 4.00. The fourth-order valence-electron chi connectivity index (χ4n) is 3.38. The van der Waals surface area contributed by atoms with Gasteiger partial charge in [0.1, 0.15) is 0 Å². The van der Waals surface area contributed by atoms with E-state index < -0.39 is 11.7 Å². The Morgan fingerprint density at radius 2 is 1.90 bits per heavy atom. The highest BCUT2D eigenvalue weighted by molar-refractivity contribution is 14.1. The number of anilines is 3. The monoisotopic (exact) mass is 517 g/mol. The van der Waals surface area contributed by atoms with E-state index in [1.807, 2.05) is 13.0 Å². The first kappa shape index (κ1) is 20.2. The van der Waals surface area contributed by atoms with Crippen molar-refractivity contribution >= 4 is 45.6 Å². The lowest BCUT2D eigenvalue weighted by atomic mass is 10.1. The van der Waals surface area contributed by atoms with E-state index in [-0.39, 0.29) is 5.56 Å². The van der Waals surface area contributed by atoms with Crippen molar-refractivity contribution in [2.24, 2.45) is 0 Å². The van der Waals surface area contributed by atoms with Crippen molar-refractivity contribution in [1.29, 1.82) is 0 Å². The third-order valence-corrected chi connectivity index (χ3v) is 5.72. The van der Waals surface area contributed by atoms with Crippen LogP contribution in [0.2, 0.25) is 0 Å². The molecule has 10 heteroatoms. The average Bonchev–Trinajstić information content (AvgIpc) is 2.99. The van der Waals surface area contributed by atoms with Crippen LogP contribution in [0.1, 0.15) is 16.8 Å². The zero-order valence-electron chi connectivity index (χ0n) is 15.8. The summed E-state index contributed by atoms with van der Waals surface area (Å²) < 4.78 is 47.8. The van der Waals surface area contributed by atoms with Gasteiger partial charge in [-0.2, -0.15) is 17.7 Å². The Morgan fingerprint density at radius 1 is 1.17 bits per heavy atom. The van der Waals surface area contributed by atoms with E-state index in [0.29, 0.717) is 36.1 Å². The van der Waals surface area contributed by atoms with Gasteiger partial charge in [-0.3, -0.25) is 0 Å². The number of rotatable bonds is 3. The van der Waals surface area contributed by atoms with Crippen LogP contribution >= 0.6 is 22.6 Å². The van der Waals surface area contributed by atoms with Crippen LogP contribution in [-0.2, 0) is 10.9 Å². The molecule has 1 aliphatic rings. The zero-order chi connectivity index (χ0) is 20.8. The molecule has 154 valence electrons. The molecule has 0 spiro atoms. The zero-order valence-corrected chi connectivity index (χ0v) is 18.0. The number of hydrogen-bond acceptors (Lipinski definition) is 5. The molecule has 0 unspecified atom stereocenters. The summed E-state index contributed by atoms with van der Waals surface area (Å²) >= 11 is 2.21. The molecule has 1 fully saturated rings. The quantitative estimate of drug-likeness (QED) is 0.517. The number of aryl methyl sites for hydroxylation is 1. The van der Waals surface area contributed by atoms with Crippen LogP contribution in [0.5, 0.6) is 0 Å². The summed E-state index contributed by atoms with van der Waals surface area (Å²) in [5.41, 5.74) is 1.16. The van der Waals surface area contributed by atoms with Crippen LogP contribution in [-0.4, -0.2) is 40.9 Å². The summed E-state index contributed by atoms with van der Waals surface area (Å²) in [6, 6.07) is 6.07. The number of morpholine rings is 1. The molecule has 0 radical (unpaired) electrons. The standard InChI is InChI=1S/C19H19F3IN5O/c1-11-13(19(20,21)22)4-3-5-15(11)25-17-12(2)24-18-14(23)10-16(26-28(17)18)27-6-8-29-9-7-27/h3-5,10,25H,6-9H2,1-2H3. The van der Waals surface area contributed by atoms with E-state index in [0.717, 1.165) is 28.5 Å². The predicted molar refractivity (Wildman–Crippen MR) is 113 cm³/mol. The SMILES string of the molecule is Cc1nc2c(I)cc(N3CCOCC3)nn2c1Nc1cccc(C(F)(F)F)c1C. The summed E-state index contributed by atoms with van der Waals surface area (Å²) in [6.07, 6.45) is -4.41. The summed E-state index contributed by atoms with van der Waals surface area (Å²) in [7, 11) is 0. The number of imidazole rings is 1. The second kappa shape index (κ2) is 7.63. The van der Waals surface area contributed by atoms with Gasteiger partial charge in [-0.25, -0.2) is 4.98 Å². The maximum absolute atomic E-state index is 13.3. The number of hydrogen-bond donors (Lipinski definition) is 1. The lowest BCUT2D eigenvalue weighted by Gasteiger charge is -2.27.